The minimum absolute atomic E-state index is 0.231. The molecule has 0 spiro atoms. The van der Waals surface area contributed by atoms with Crippen LogP contribution in [0.5, 0.6) is 0 Å². The highest BCUT2D eigenvalue weighted by molar-refractivity contribution is 8.18. The predicted octanol–water partition coefficient (Wildman–Crippen LogP) is 4.64. The Morgan fingerprint density at radius 3 is 2.32 bits per heavy atom. The van der Waals surface area contributed by atoms with Crippen molar-refractivity contribution < 1.29 is 0 Å². The number of nitrogens with zero attached hydrogens (tertiary/aromatic N) is 3. The largest absolute Gasteiger partial charge is 0.386 e. The van der Waals surface area contributed by atoms with Crippen LogP contribution in [-0.4, -0.2) is 21.5 Å². The fourth-order valence-electron chi connectivity index (χ4n) is 3.95. The molecular weight excluding hydrogens is 395 g/mol. The predicted molar refractivity (Wildman–Crippen MR) is 106 cm³/mol. The van der Waals surface area contributed by atoms with Gasteiger partial charge in [0.05, 0.1) is 12.1 Å². The Bertz CT molecular complexity index is 838. The summed E-state index contributed by atoms with van der Waals surface area (Å²) in [6.45, 7) is 4.02. The van der Waals surface area contributed by atoms with Crippen molar-refractivity contribution in [2.24, 2.45) is 21.6 Å². The van der Waals surface area contributed by atoms with E-state index in [0.29, 0.717) is 10.0 Å². The van der Waals surface area contributed by atoms with E-state index in [1.807, 2.05) is 13.8 Å². The van der Waals surface area contributed by atoms with E-state index in [-0.39, 0.29) is 5.84 Å². The highest BCUT2D eigenvalue weighted by Gasteiger charge is 2.92. The molecule has 0 saturated heterocycles. The highest BCUT2D eigenvalue weighted by Crippen LogP contribution is 2.85. The summed E-state index contributed by atoms with van der Waals surface area (Å²) in [6.07, 6.45) is 0. The average molecular weight is 411 g/mol. The van der Waals surface area contributed by atoms with E-state index in [4.69, 9.17) is 28.9 Å². The van der Waals surface area contributed by atoms with E-state index in [2.05, 4.69) is 17.1 Å². The maximum Gasteiger partial charge on any atom is 0.175 e. The SMILES string of the molecule is CCSC1(SCC)N=C(N)[C@]2(C#N)[C@H](c3ccc(Cl)cc3Cl)[C@@]12C#N. The second kappa shape index (κ2) is 6.28. The molecule has 1 saturated carbocycles. The van der Waals surface area contributed by atoms with Gasteiger partial charge in [-0.25, -0.2) is 4.99 Å². The molecule has 0 amide bonds. The summed E-state index contributed by atoms with van der Waals surface area (Å²) in [5, 5.41) is 21.2. The van der Waals surface area contributed by atoms with Crippen molar-refractivity contribution in [1.82, 2.24) is 0 Å². The number of nitrogens with two attached hydrogens (primary N) is 1. The van der Waals surface area contributed by atoms with Gasteiger partial charge < -0.3 is 5.73 Å². The van der Waals surface area contributed by atoms with Gasteiger partial charge in [-0.05, 0) is 29.2 Å². The number of benzene rings is 1. The highest BCUT2D eigenvalue weighted by atomic mass is 35.5. The Morgan fingerprint density at radius 2 is 1.84 bits per heavy atom. The zero-order valence-corrected chi connectivity index (χ0v) is 16.9. The Balaban J connectivity index is 2.25. The van der Waals surface area contributed by atoms with Crippen LogP contribution in [0.25, 0.3) is 0 Å². The van der Waals surface area contributed by atoms with Crippen LogP contribution in [0.2, 0.25) is 10.0 Å². The van der Waals surface area contributed by atoms with Crippen LogP contribution in [0, 0.1) is 33.5 Å². The lowest BCUT2D eigenvalue weighted by atomic mass is 9.97. The molecule has 25 heavy (non-hydrogen) atoms. The monoisotopic (exact) mass is 410 g/mol. The van der Waals surface area contributed by atoms with Gasteiger partial charge in [-0.15, -0.1) is 23.5 Å². The molecule has 130 valence electrons. The van der Waals surface area contributed by atoms with Gasteiger partial charge in [0.2, 0.25) is 0 Å². The maximum absolute atomic E-state index is 10.2. The molecule has 2 N–H and O–H groups in total. The smallest absolute Gasteiger partial charge is 0.175 e. The zero-order chi connectivity index (χ0) is 18.5. The second-order valence-corrected chi connectivity index (χ2v) is 9.90. The van der Waals surface area contributed by atoms with Crippen molar-refractivity contribution in [2.45, 2.75) is 24.0 Å². The molecule has 0 unspecified atom stereocenters. The lowest BCUT2D eigenvalue weighted by Gasteiger charge is -2.31. The third kappa shape index (κ3) is 2.12. The molecule has 0 bridgehead atoms. The van der Waals surface area contributed by atoms with Gasteiger partial charge in [0, 0.05) is 16.0 Å². The first kappa shape index (κ1) is 18.7. The maximum atomic E-state index is 10.2. The Labute approximate surface area is 165 Å². The van der Waals surface area contributed by atoms with E-state index >= 15 is 0 Å². The summed E-state index contributed by atoms with van der Waals surface area (Å²) in [5.74, 6) is 1.33. The summed E-state index contributed by atoms with van der Waals surface area (Å²) >= 11 is 15.5. The van der Waals surface area contributed by atoms with Gasteiger partial charge in [-0.3, -0.25) is 0 Å². The fraction of sp³-hybridized carbons (Fsp3) is 0.471. The third-order valence-electron chi connectivity index (χ3n) is 4.88. The lowest BCUT2D eigenvalue weighted by molar-refractivity contribution is 0.564. The molecular formula is C17H16Cl2N4S2. The first-order valence-corrected chi connectivity index (χ1v) is 10.5. The number of fused-ring (bicyclic) bond motifs is 1. The Kier molecular flexibility index (Phi) is 4.71. The van der Waals surface area contributed by atoms with Gasteiger partial charge in [-0.2, -0.15) is 10.5 Å². The van der Waals surface area contributed by atoms with Gasteiger partial charge in [-0.1, -0.05) is 43.1 Å². The molecule has 0 radical (unpaired) electrons. The van der Waals surface area contributed by atoms with Crippen molar-refractivity contribution in [2.75, 3.05) is 11.5 Å². The summed E-state index contributed by atoms with van der Waals surface area (Å²) in [5.41, 5.74) is 4.78. The average Bonchev–Trinajstić information content (AvgIpc) is 3.13. The van der Waals surface area contributed by atoms with Crippen LogP contribution < -0.4 is 5.73 Å². The standard InChI is InChI=1S/C17H16Cl2N4S2/c1-3-24-17(25-4-2)16(9-21)13(15(16,8-20)14(22)23-17)11-6-5-10(18)7-12(11)19/h5-7,13H,3-4H2,1-2H3,(H2,22,23)/t13-,15-,16+/m0/s1. The molecule has 1 aliphatic heterocycles. The van der Waals surface area contributed by atoms with Crippen molar-refractivity contribution in [3.8, 4) is 12.1 Å². The zero-order valence-electron chi connectivity index (χ0n) is 13.7. The van der Waals surface area contributed by atoms with Crippen molar-refractivity contribution in [3.63, 3.8) is 0 Å². The Hall–Kier alpha value is -1.05. The van der Waals surface area contributed by atoms with Gasteiger partial charge in [0.25, 0.3) is 0 Å². The normalized spacial score (nSPS) is 31.6. The summed E-state index contributed by atoms with van der Waals surface area (Å²) in [6, 6.07) is 9.91. The van der Waals surface area contributed by atoms with Gasteiger partial charge in [0.1, 0.15) is 16.7 Å². The molecule has 1 aliphatic carbocycles. The minimum atomic E-state index is -1.15. The fourth-order valence-corrected chi connectivity index (χ4v) is 7.72. The van der Waals surface area contributed by atoms with E-state index in [9.17, 15) is 10.5 Å². The summed E-state index contributed by atoms with van der Waals surface area (Å²) in [7, 11) is 0. The van der Waals surface area contributed by atoms with Gasteiger partial charge in [0.15, 0.2) is 4.20 Å². The third-order valence-corrected chi connectivity index (χ3v) is 8.34. The van der Waals surface area contributed by atoms with Crippen molar-refractivity contribution >= 4 is 52.6 Å². The topological polar surface area (TPSA) is 86.0 Å². The first-order valence-electron chi connectivity index (χ1n) is 7.81. The lowest BCUT2D eigenvalue weighted by Crippen LogP contribution is -2.31. The summed E-state index contributed by atoms with van der Waals surface area (Å²) < 4.78 is -0.807. The number of aliphatic imine (C=N–C) groups is 1. The van der Waals surface area contributed by atoms with E-state index in [1.54, 1.807) is 41.7 Å². The molecule has 2 aliphatic rings. The number of hydrogen-bond acceptors (Lipinski definition) is 6. The second-order valence-electron chi connectivity index (χ2n) is 5.88. The molecule has 4 nitrogen and oxygen atoms in total. The molecule has 1 heterocycles. The van der Waals surface area contributed by atoms with Crippen LogP contribution >= 0.6 is 46.7 Å². The summed E-state index contributed by atoms with van der Waals surface area (Å²) in [4.78, 5) is 4.65. The quantitative estimate of drug-likeness (QED) is 0.714. The van der Waals surface area contributed by atoms with E-state index in [0.717, 1.165) is 17.1 Å². The minimum Gasteiger partial charge on any atom is -0.386 e. The van der Waals surface area contributed by atoms with Crippen LogP contribution in [0.15, 0.2) is 23.2 Å². The number of hydrogen-bond donors (Lipinski definition) is 1. The molecule has 1 fully saturated rings. The van der Waals surface area contributed by atoms with Crippen LogP contribution in [0.3, 0.4) is 0 Å². The molecule has 3 atom stereocenters. The van der Waals surface area contributed by atoms with E-state index < -0.39 is 21.0 Å². The number of nitriles is 2. The molecule has 1 aromatic rings. The van der Waals surface area contributed by atoms with Crippen LogP contribution in [-0.2, 0) is 0 Å². The number of thioether (sulfide) groups is 2. The van der Waals surface area contributed by atoms with Crippen LogP contribution in [0.4, 0.5) is 0 Å². The number of halogens is 2. The number of rotatable bonds is 5. The molecule has 3 rings (SSSR count). The van der Waals surface area contributed by atoms with Gasteiger partial charge >= 0.3 is 0 Å². The van der Waals surface area contributed by atoms with Crippen molar-refractivity contribution in [3.05, 3.63) is 33.8 Å². The molecule has 1 aromatic carbocycles. The van der Waals surface area contributed by atoms with E-state index in [1.165, 1.54) is 0 Å². The van der Waals surface area contributed by atoms with Crippen LogP contribution in [0.1, 0.15) is 25.3 Å². The first-order chi connectivity index (χ1) is 11.9. The number of amidine groups is 1. The van der Waals surface area contributed by atoms with Crippen molar-refractivity contribution in [1.29, 1.82) is 10.5 Å². The molecule has 0 aromatic heterocycles. The molecule has 8 heteroatoms. The Morgan fingerprint density at radius 1 is 1.20 bits per heavy atom.